The van der Waals surface area contributed by atoms with Crippen molar-refractivity contribution in [3.05, 3.63) is 131 Å². The van der Waals surface area contributed by atoms with E-state index in [1.807, 2.05) is 78.9 Å². The number of nitrogens with one attached hydrogen (secondary N) is 2. The van der Waals surface area contributed by atoms with Gasteiger partial charge in [0.05, 0.1) is 18.4 Å². The molecular formula is C34H28N4O4. The van der Waals surface area contributed by atoms with Gasteiger partial charge in [-0.05, 0) is 47.0 Å². The minimum atomic E-state index is -0.735. The minimum absolute atomic E-state index is 0.261. The molecule has 2 aliphatic rings. The van der Waals surface area contributed by atoms with Crippen molar-refractivity contribution in [3.8, 4) is 5.75 Å². The monoisotopic (exact) mass is 556 g/mol. The number of carbonyl (C=O) groups excluding carboxylic acids is 3. The first-order chi connectivity index (χ1) is 20.5. The average Bonchev–Trinajstić information content (AvgIpc) is 3.53. The first kappa shape index (κ1) is 25.6. The van der Waals surface area contributed by atoms with Crippen LogP contribution in [0.5, 0.6) is 5.75 Å². The van der Waals surface area contributed by atoms with Gasteiger partial charge in [0.1, 0.15) is 17.8 Å². The van der Waals surface area contributed by atoms with Crippen LogP contribution in [0.3, 0.4) is 0 Å². The summed E-state index contributed by atoms with van der Waals surface area (Å²) in [7, 11) is 1.60. The zero-order chi connectivity index (χ0) is 28.8. The van der Waals surface area contributed by atoms with Crippen LogP contribution in [-0.2, 0) is 17.8 Å². The molecular weight excluding hydrogens is 528 g/mol. The van der Waals surface area contributed by atoms with Crippen molar-refractivity contribution in [2.75, 3.05) is 12.0 Å². The number of benzene rings is 4. The quantitative estimate of drug-likeness (QED) is 0.267. The molecule has 2 N–H and O–H groups in total. The second-order valence-corrected chi connectivity index (χ2v) is 10.5. The van der Waals surface area contributed by atoms with Crippen LogP contribution in [0.15, 0.2) is 103 Å². The number of hydrogen-bond donors (Lipinski definition) is 2. The van der Waals surface area contributed by atoms with Crippen molar-refractivity contribution in [1.82, 2.24) is 15.2 Å². The van der Waals surface area contributed by atoms with E-state index in [4.69, 9.17) is 4.74 Å². The summed E-state index contributed by atoms with van der Waals surface area (Å²) in [6.45, 7) is 0.324. The van der Waals surface area contributed by atoms with E-state index >= 15 is 0 Å². The van der Waals surface area contributed by atoms with E-state index < -0.39 is 18.1 Å². The van der Waals surface area contributed by atoms with Crippen LogP contribution in [0, 0.1) is 0 Å². The number of imide groups is 1. The zero-order valence-corrected chi connectivity index (χ0v) is 22.9. The standard InChI is InChI=1S/C34H28N4O4/c1-42-23-13-9-12-22(18-23)31-30-26(24-14-5-7-16-27(24)36-30)19-29-33(40)38(34(41)37(29)31)28-17-8-6-15-25(28)32(39)35-20-21-10-3-2-4-11-21/h2-18,29,31,36H,19-20H2,1H3,(H,35,39)/t29-,31+/m0/s1. The van der Waals surface area contributed by atoms with E-state index in [-0.39, 0.29) is 23.1 Å². The molecule has 0 spiro atoms. The molecule has 4 aromatic carbocycles. The maximum atomic E-state index is 14.3. The van der Waals surface area contributed by atoms with E-state index in [9.17, 15) is 14.4 Å². The van der Waals surface area contributed by atoms with Crippen LogP contribution in [-0.4, -0.2) is 40.9 Å². The van der Waals surface area contributed by atoms with Crippen LogP contribution in [0.25, 0.3) is 10.9 Å². The molecule has 7 rings (SSSR count). The molecule has 5 aromatic rings. The van der Waals surface area contributed by atoms with Gasteiger partial charge in [-0.1, -0.05) is 72.8 Å². The van der Waals surface area contributed by atoms with Gasteiger partial charge < -0.3 is 15.0 Å². The summed E-state index contributed by atoms with van der Waals surface area (Å²) >= 11 is 0. The highest BCUT2D eigenvalue weighted by Crippen LogP contribution is 2.45. The zero-order valence-electron chi connectivity index (χ0n) is 22.9. The third-order valence-electron chi connectivity index (χ3n) is 8.14. The number of anilines is 1. The molecule has 2 atom stereocenters. The van der Waals surface area contributed by atoms with Crippen LogP contribution < -0.4 is 15.0 Å². The molecule has 0 unspecified atom stereocenters. The maximum absolute atomic E-state index is 14.3. The highest BCUT2D eigenvalue weighted by molar-refractivity contribution is 6.24. The Balaban J connectivity index is 1.30. The summed E-state index contributed by atoms with van der Waals surface area (Å²) in [4.78, 5) is 48.2. The summed E-state index contributed by atoms with van der Waals surface area (Å²) in [5.41, 5.74) is 5.14. The average molecular weight is 557 g/mol. The van der Waals surface area contributed by atoms with Gasteiger partial charge in [-0.3, -0.25) is 14.5 Å². The maximum Gasteiger partial charge on any atom is 0.332 e. The topological polar surface area (TPSA) is 94.7 Å². The lowest BCUT2D eigenvalue weighted by Crippen LogP contribution is -2.44. The lowest BCUT2D eigenvalue weighted by atomic mass is 9.89. The smallest absolute Gasteiger partial charge is 0.332 e. The third-order valence-corrected chi connectivity index (χ3v) is 8.14. The number of aromatic amines is 1. The highest BCUT2D eigenvalue weighted by atomic mass is 16.5. The molecule has 2 aliphatic heterocycles. The Hall–Kier alpha value is -5.37. The molecule has 0 aliphatic carbocycles. The Morgan fingerprint density at radius 1 is 0.929 bits per heavy atom. The SMILES string of the molecule is COc1cccc([C@@H]2c3[nH]c4ccccc4c3C[C@H]3C(=O)N(c4ccccc4C(=O)NCc4ccccc4)C(=O)N23)c1. The molecule has 42 heavy (non-hydrogen) atoms. The lowest BCUT2D eigenvalue weighted by Gasteiger charge is -2.36. The number of para-hydroxylation sites is 2. The predicted molar refractivity (Wildman–Crippen MR) is 159 cm³/mol. The van der Waals surface area contributed by atoms with Crippen LogP contribution in [0.1, 0.15) is 38.8 Å². The van der Waals surface area contributed by atoms with Gasteiger partial charge in [-0.15, -0.1) is 0 Å². The summed E-state index contributed by atoms with van der Waals surface area (Å²) in [5, 5.41) is 3.96. The predicted octanol–water partition coefficient (Wildman–Crippen LogP) is 5.59. The molecule has 0 radical (unpaired) electrons. The lowest BCUT2D eigenvalue weighted by molar-refractivity contribution is -0.120. The molecule has 4 amide bonds. The van der Waals surface area contributed by atoms with E-state index in [2.05, 4.69) is 10.3 Å². The van der Waals surface area contributed by atoms with Gasteiger partial charge >= 0.3 is 6.03 Å². The van der Waals surface area contributed by atoms with Crippen molar-refractivity contribution in [3.63, 3.8) is 0 Å². The Labute approximate surface area is 242 Å². The van der Waals surface area contributed by atoms with Gasteiger partial charge in [0.15, 0.2) is 0 Å². The highest BCUT2D eigenvalue weighted by Gasteiger charge is 2.53. The molecule has 8 heteroatoms. The Morgan fingerprint density at radius 3 is 2.52 bits per heavy atom. The number of fused-ring (bicyclic) bond motifs is 4. The van der Waals surface area contributed by atoms with E-state index in [0.717, 1.165) is 33.3 Å². The fourth-order valence-electron chi connectivity index (χ4n) is 6.19. The summed E-state index contributed by atoms with van der Waals surface area (Å²) < 4.78 is 5.50. The number of hydrogen-bond acceptors (Lipinski definition) is 4. The second kappa shape index (κ2) is 10.2. The molecule has 0 saturated carbocycles. The minimum Gasteiger partial charge on any atom is -0.497 e. The Morgan fingerprint density at radius 2 is 1.69 bits per heavy atom. The number of aromatic nitrogens is 1. The fraction of sp³-hybridized carbons (Fsp3) is 0.147. The van der Waals surface area contributed by atoms with Gasteiger partial charge in [0, 0.05) is 29.6 Å². The number of rotatable bonds is 6. The summed E-state index contributed by atoms with van der Waals surface area (Å²) in [6.07, 6.45) is 0.364. The number of amides is 4. The molecule has 1 fully saturated rings. The van der Waals surface area contributed by atoms with E-state index in [1.54, 1.807) is 36.3 Å². The van der Waals surface area contributed by atoms with Gasteiger partial charge in [-0.25, -0.2) is 9.69 Å². The number of H-pyrrole nitrogens is 1. The summed E-state index contributed by atoms with van der Waals surface area (Å²) in [6, 6.07) is 30.1. The number of ether oxygens (including phenoxy) is 1. The van der Waals surface area contributed by atoms with Crippen LogP contribution in [0.2, 0.25) is 0 Å². The molecule has 8 nitrogen and oxygen atoms in total. The van der Waals surface area contributed by atoms with Crippen molar-refractivity contribution >= 4 is 34.4 Å². The molecule has 3 heterocycles. The third kappa shape index (κ3) is 4.11. The van der Waals surface area contributed by atoms with E-state index in [0.29, 0.717) is 18.7 Å². The molecule has 0 bridgehead atoms. The molecule has 1 saturated heterocycles. The summed E-state index contributed by atoms with van der Waals surface area (Å²) in [5.74, 6) is -0.0600. The first-order valence-electron chi connectivity index (χ1n) is 13.9. The van der Waals surface area contributed by atoms with Crippen molar-refractivity contribution in [2.45, 2.75) is 25.0 Å². The first-order valence-corrected chi connectivity index (χ1v) is 13.9. The van der Waals surface area contributed by atoms with E-state index in [1.165, 1.54) is 4.90 Å². The van der Waals surface area contributed by atoms with Crippen molar-refractivity contribution in [1.29, 1.82) is 0 Å². The molecule has 1 aromatic heterocycles. The van der Waals surface area contributed by atoms with Gasteiger partial charge in [0.25, 0.3) is 11.8 Å². The van der Waals surface area contributed by atoms with Crippen LogP contribution >= 0.6 is 0 Å². The molecule has 208 valence electrons. The number of nitrogens with zero attached hydrogens (tertiary/aromatic N) is 2. The second-order valence-electron chi connectivity index (χ2n) is 10.5. The Kier molecular flexibility index (Phi) is 6.23. The van der Waals surface area contributed by atoms with Crippen molar-refractivity contribution < 1.29 is 19.1 Å². The van der Waals surface area contributed by atoms with Gasteiger partial charge in [-0.2, -0.15) is 0 Å². The Bertz CT molecular complexity index is 1850. The number of methoxy groups -OCH3 is 1. The fourth-order valence-corrected chi connectivity index (χ4v) is 6.19. The van der Waals surface area contributed by atoms with Gasteiger partial charge in [0.2, 0.25) is 0 Å². The van der Waals surface area contributed by atoms with Crippen molar-refractivity contribution in [2.24, 2.45) is 0 Å². The number of carbonyl (C=O) groups is 3. The normalized spacial score (nSPS) is 17.7. The number of urea groups is 1. The van der Waals surface area contributed by atoms with Crippen LogP contribution in [0.4, 0.5) is 10.5 Å². The largest absolute Gasteiger partial charge is 0.497 e.